The lowest BCUT2D eigenvalue weighted by Gasteiger charge is -2.41. The second kappa shape index (κ2) is 4.30. The SMILES string of the molecule is CC1=CC2=CC(CC(=O)O)CC3CC(C)NC23C=N1. The number of carboxylic acids is 1. The van der Waals surface area contributed by atoms with Gasteiger partial charge in [0.05, 0.1) is 12.0 Å². The van der Waals surface area contributed by atoms with Crippen molar-refractivity contribution in [3.63, 3.8) is 0 Å². The number of rotatable bonds is 2. The van der Waals surface area contributed by atoms with Crippen molar-refractivity contribution in [3.05, 3.63) is 23.4 Å². The molecule has 1 fully saturated rings. The Hall–Kier alpha value is -1.42. The van der Waals surface area contributed by atoms with Crippen LogP contribution < -0.4 is 5.32 Å². The molecule has 4 nitrogen and oxygen atoms in total. The number of aliphatic imine (C=N–C) groups is 1. The van der Waals surface area contributed by atoms with Gasteiger partial charge in [0, 0.05) is 18.0 Å². The lowest BCUT2D eigenvalue weighted by molar-refractivity contribution is -0.137. The second-order valence-corrected chi connectivity index (χ2v) is 6.11. The summed E-state index contributed by atoms with van der Waals surface area (Å²) in [6.07, 6.45) is 8.54. The quantitative estimate of drug-likeness (QED) is 0.799. The summed E-state index contributed by atoms with van der Waals surface area (Å²) in [5, 5.41) is 12.7. The van der Waals surface area contributed by atoms with Crippen molar-refractivity contribution in [2.75, 3.05) is 0 Å². The lowest BCUT2D eigenvalue weighted by atomic mass is 9.68. The van der Waals surface area contributed by atoms with Gasteiger partial charge in [-0.05, 0) is 50.2 Å². The molecular formula is C15H20N2O2. The first kappa shape index (κ1) is 12.6. The zero-order valence-corrected chi connectivity index (χ0v) is 11.4. The van der Waals surface area contributed by atoms with Gasteiger partial charge in [0.1, 0.15) is 0 Å². The molecule has 4 unspecified atom stereocenters. The van der Waals surface area contributed by atoms with E-state index in [-0.39, 0.29) is 17.9 Å². The lowest BCUT2D eigenvalue weighted by Crippen LogP contribution is -2.52. The maximum atomic E-state index is 11.0. The van der Waals surface area contributed by atoms with Crippen molar-refractivity contribution in [1.82, 2.24) is 5.32 Å². The Morgan fingerprint density at radius 2 is 2.37 bits per heavy atom. The van der Waals surface area contributed by atoms with E-state index >= 15 is 0 Å². The summed E-state index contributed by atoms with van der Waals surface area (Å²) in [4.78, 5) is 15.4. The van der Waals surface area contributed by atoms with Crippen LogP contribution in [0.15, 0.2) is 28.4 Å². The minimum absolute atomic E-state index is 0.145. The maximum Gasteiger partial charge on any atom is 0.303 e. The van der Waals surface area contributed by atoms with Crippen LogP contribution in [0.25, 0.3) is 0 Å². The molecule has 0 amide bonds. The number of hydrogen-bond acceptors (Lipinski definition) is 3. The summed E-state index contributed by atoms with van der Waals surface area (Å²) >= 11 is 0. The molecule has 2 heterocycles. The van der Waals surface area contributed by atoms with E-state index in [1.807, 2.05) is 13.1 Å². The summed E-state index contributed by atoms with van der Waals surface area (Å²) in [5.74, 6) is -0.105. The highest BCUT2D eigenvalue weighted by Crippen LogP contribution is 2.46. The Kier molecular flexibility index (Phi) is 2.86. The van der Waals surface area contributed by atoms with Crippen LogP contribution in [0.3, 0.4) is 0 Å². The Balaban J connectivity index is 1.98. The van der Waals surface area contributed by atoms with Crippen LogP contribution in [0.4, 0.5) is 0 Å². The highest BCUT2D eigenvalue weighted by atomic mass is 16.4. The fourth-order valence-corrected chi connectivity index (χ4v) is 3.84. The minimum atomic E-state index is -0.710. The Morgan fingerprint density at radius 3 is 3.11 bits per heavy atom. The summed E-state index contributed by atoms with van der Waals surface area (Å²) < 4.78 is 0. The van der Waals surface area contributed by atoms with Gasteiger partial charge in [-0.2, -0.15) is 0 Å². The molecular weight excluding hydrogens is 240 g/mol. The Bertz CT molecular complexity index is 506. The van der Waals surface area contributed by atoms with Crippen molar-refractivity contribution in [1.29, 1.82) is 0 Å². The summed E-state index contributed by atoms with van der Waals surface area (Å²) in [6.45, 7) is 4.17. The highest BCUT2D eigenvalue weighted by molar-refractivity contribution is 5.82. The predicted octanol–water partition coefficient (Wildman–Crippen LogP) is 2.13. The third-order valence-electron chi connectivity index (χ3n) is 4.52. The molecule has 0 aromatic rings. The Labute approximate surface area is 113 Å². The average Bonchev–Trinajstić information content (AvgIpc) is 2.62. The third kappa shape index (κ3) is 2.04. The number of nitrogens with zero attached hydrogens (tertiary/aromatic N) is 1. The zero-order chi connectivity index (χ0) is 13.6. The largest absolute Gasteiger partial charge is 0.481 e. The van der Waals surface area contributed by atoms with Crippen LogP contribution in [0.5, 0.6) is 0 Å². The number of hydrogen-bond donors (Lipinski definition) is 2. The van der Waals surface area contributed by atoms with E-state index in [2.05, 4.69) is 29.4 Å². The summed E-state index contributed by atoms with van der Waals surface area (Å²) in [5.41, 5.74) is 2.06. The molecule has 102 valence electrons. The molecule has 19 heavy (non-hydrogen) atoms. The van der Waals surface area contributed by atoms with Gasteiger partial charge in [-0.15, -0.1) is 0 Å². The Morgan fingerprint density at radius 1 is 1.58 bits per heavy atom. The van der Waals surface area contributed by atoms with E-state index in [4.69, 9.17) is 5.11 Å². The van der Waals surface area contributed by atoms with Gasteiger partial charge in [-0.3, -0.25) is 9.79 Å². The van der Waals surface area contributed by atoms with E-state index in [9.17, 15) is 4.79 Å². The van der Waals surface area contributed by atoms with Crippen molar-refractivity contribution < 1.29 is 9.90 Å². The van der Waals surface area contributed by atoms with Gasteiger partial charge >= 0.3 is 5.97 Å². The zero-order valence-electron chi connectivity index (χ0n) is 11.4. The molecule has 0 aromatic carbocycles. The predicted molar refractivity (Wildman–Crippen MR) is 74.1 cm³/mol. The molecule has 1 aliphatic carbocycles. The smallest absolute Gasteiger partial charge is 0.303 e. The molecule has 0 aromatic heterocycles. The second-order valence-electron chi connectivity index (χ2n) is 6.11. The number of allylic oxidation sites excluding steroid dienone is 2. The molecule has 0 radical (unpaired) electrons. The molecule has 1 spiro atoms. The molecule has 4 atom stereocenters. The van der Waals surface area contributed by atoms with Crippen LogP contribution >= 0.6 is 0 Å². The molecule has 2 N–H and O–H groups in total. The first-order chi connectivity index (χ1) is 8.99. The van der Waals surface area contributed by atoms with Gasteiger partial charge in [-0.1, -0.05) is 6.08 Å². The summed E-state index contributed by atoms with van der Waals surface area (Å²) in [6, 6.07) is 0.454. The topological polar surface area (TPSA) is 61.7 Å². The van der Waals surface area contributed by atoms with Gasteiger partial charge in [0.15, 0.2) is 0 Å². The van der Waals surface area contributed by atoms with Crippen molar-refractivity contribution >= 4 is 12.2 Å². The van der Waals surface area contributed by atoms with E-state index < -0.39 is 5.97 Å². The first-order valence-electron chi connectivity index (χ1n) is 6.95. The van der Waals surface area contributed by atoms with Crippen molar-refractivity contribution in [2.24, 2.45) is 16.8 Å². The van der Waals surface area contributed by atoms with Crippen LogP contribution in [0.1, 0.15) is 33.1 Å². The van der Waals surface area contributed by atoms with Crippen LogP contribution in [0, 0.1) is 11.8 Å². The molecule has 4 heteroatoms. The van der Waals surface area contributed by atoms with Gasteiger partial charge in [-0.25, -0.2) is 0 Å². The molecule has 3 aliphatic rings. The van der Waals surface area contributed by atoms with Crippen molar-refractivity contribution in [3.8, 4) is 0 Å². The monoisotopic (exact) mass is 260 g/mol. The standard InChI is InChI=1S/C15H20N2O2/c1-9-3-12-5-11(7-14(18)19)6-13-4-10(2)17-15(12,13)8-16-9/h3,5,8,10-11,13,17H,4,6-7H2,1-2H3,(H,18,19). The normalized spacial score (nSPS) is 40.2. The fourth-order valence-electron chi connectivity index (χ4n) is 3.84. The molecule has 3 rings (SSSR count). The van der Waals surface area contributed by atoms with Gasteiger partial charge in [0.2, 0.25) is 0 Å². The van der Waals surface area contributed by atoms with Crippen LogP contribution in [0.2, 0.25) is 0 Å². The molecule has 1 saturated heterocycles. The van der Waals surface area contributed by atoms with Crippen LogP contribution in [-0.2, 0) is 4.79 Å². The number of aliphatic carboxylic acids is 1. The first-order valence-corrected chi connectivity index (χ1v) is 6.95. The highest BCUT2D eigenvalue weighted by Gasteiger charge is 2.50. The average molecular weight is 260 g/mol. The number of nitrogens with one attached hydrogen (secondary N) is 1. The number of carbonyl (C=O) groups is 1. The van der Waals surface area contributed by atoms with Crippen LogP contribution in [-0.4, -0.2) is 28.9 Å². The summed E-state index contributed by atoms with van der Waals surface area (Å²) in [7, 11) is 0. The fraction of sp³-hybridized carbons (Fsp3) is 0.600. The molecule has 2 aliphatic heterocycles. The maximum absolute atomic E-state index is 11.0. The van der Waals surface area contributed by atoms with E-state index in [1.165, 1.54) is 5.57 Å². The molecule has 0 saturated carbocycles. The third-order valence-corrected chi connectivity index (χ3v) is 4.52. The van der Waals surface area contributed by atoms with E-state index in [1.54, 1.807) is 0 Å². The van der Waals surface area contributed by atoms with Gasteiger partial charge in [0.25, 0.3) is 0 Å². The minimum Gasteiger partial charge on any atom is -0.481 e. The van der Waals surface area contributed by atoms with E-state index in [0.717, 1.165) is 18.5 Å². The molecule has 0 bridgehead atoms. The van der Waals surface area contributed by atoms with Gasteiger partial charge < -0.3 is 10.4 Å². The number of carboxylic acid groups (broad SMARTS) is 1. The van der Waals surface area contributed by atoms with E-state index in [0.29, 0.717) is 12.0 Å². The van der Waals surface area contributed by atoms with Crippen molar-refractivity contribution in [2.45, 2.75) is 44.7 Å².